The summed E-state index contributed by atoms with van der Waals surface area (Å²) in [6.07, 6.45) is 1.75. The number of benzene rings is 3. The highest BCUT2D eigenvalue weighted by Gasteiger charge is 2.27. The van der Waals surface area contributed by atoms with Crippen molar-refractivity contribution < 1.29 is 17.9 Å². The summed E-state index contributed by atoms with van der Waals surface area (Å²) in [4.78, 5) is 12.4. The Bertz CT molecular complexity index is 1120. The summed E-state index contributed by atoms with van der Waals surface area (Å²) in [5, 5.41) is 5.02. The number of ether oxygens (including phenoxy) is 1. The zero-order chi connectivity index (χ0) is 20.3. The summed E-state index contributed by atoms with van der Waals surface area (Å²) < 4.78 is 32.6. The Labute approximate surface area is 169 Å². The van der Waals surface area contributed by atoms with Gasteiger partial charge in [-0.25, -0.2) is 13.1 Å². The maximum Gasteiger partial charge on any atom is 0.251 e. The minimum absolute atomic E-state index is 0.0468. The number of amides is 1. The van der Waals surface area contributed by atoms with Gasteiger partial charge in [0.05, 0.1) is 11.4 Å². The van der Waals surface area contributed by atoms with Crippen LogP contribution >= 0.6 is 0 Å². The molecule has 2 N–H and O–H groups in total. The van der Waals surface area contributed by atoms with Crippen LogP contribution in [0.25, 0.3) is 10.8 Å². The molecular weight excluding hydrogens is 388 g/mol. The first-order valence-corrected chi connectivity index (χ1v) is 11.0. The van der Waals surface area contributed by atoms with Crippen LogP contribution in [-0.2, 0) is 10.0 Å². The lowest BCUT2D eigenvalue weighted by Crippen LogP contribution is -2.28. The maximum absolute atomic E-state index is 12.2. The minimum atomic E-state index is -3.51. The Morgan fingerprint density at radius 2 is 1.69 bits per heavy atom. The second-order valence-corrected chi connectivity index (χ2v) is 8.75. The van der Waals surface area contributed by atoms with Crippen LogP contribution < -0.4 is 14.8 Å². The molecule has 1 aliphatic carbocycles. The summed E-state index contributed by atoms with van der Waals surface area (Å²) in [7, 11) is -3.51. The maximum atomic E-state index is 12.2. The predicted molar refractivity (Wildman–Crippen MR) is 112 cm³/mol. The Balaban J connectivity index is 1.27. The second kappa shape index (κ2) is 8.23. The molecule has 3 aromatic rings. The van der Waals surface area contributed by atoms with E-state index >= 15 is 0 Å². The highest BCUT2D eigenvalue weighted by molar-refractivity contribution is 7.89. The van der Waals surface area contributed by atoms with Gasteiger partial charge in [0.2, 0.25) is 10.0 Å². The van der Waals surface area contributed by atoms with Crippen LogP contribution in [0, 0.1) is 0 Å². The Hall–Kier alpha value is -2.90. The first kappa shape index (κ1) is 19.4. The van der Waals surface area contributed by atoms with Gasteiger partial charge in [-0.15, -0.1) is 0 Å². The molecule has 0 unspecified atom stereocenters. The van der Waals surface area contributed by atoms with E-state index in [0.29, 0.717) is 18.7 Å². The van der Waals surface area contributed by atoms with Crippen molar-refractivity contribution in [3.63, 3.8) is 0 Å². The number of sulfonamides is 1. The molecule has 1 fully saturated rings. The smallest absolute Gasteiger partial charge is 0.251 e. The minimum Gasteiger partial charge on any atom is -0.492 e. The Morgan fingerprint density at radius 3 is 2.41 bits per heavy atom. The summed E-state index contributed by atoms with van der Waals surface area (Å²) in [6.45, 7) is 0.677. The van der Waals surface area contributed by atoms with Crippen LogP contribution in [0.15, 0.2) is 71.6 Å². The molecule has 4 rings (SSSR count). The first-order valence-electron chi connectivity index (χ1n) is 9.53. The van der Waals surface area contributed by atoms with Gasteiger partial charge in [0, 0.05) is 11.6 Å². The van der Waals surface area contributed by atoms with E-state index < -0.39 is 10.0 Å². The normalized spacial score (nSPS) is 13.9. The van der Waals surface area contributed by atoms with E-state index in [9.17, 15) is 13.2 Å². The summed E-state index contributed by atoms with van der Waals surface area (Å²) in [5.74, 6) is 0.474. The van der Waals surface area contributed by atoms with Crippen LogP contribution in [0.3, 0.4) is 0 Å². The second-order valence-electron chi connectivity index (χ2n) is 7.03. The zero-order valence-electron chi connectivity index (χ0n) is 15.8. The lowest BCUT2D eigenvalue weighted by atomic mass is 10.1. The number of hydrogen-bond acceptors (Lipinski definition) is 4. The first-order chi connectivity index (χ1) is 14.0. The lowest BCUT2D eigenvalue weighted by molar-refractivity contribution is 0.0947. The van der Waals surface area contributed by atoms with E-state index in [4.69, 9.17) is 4.74 Å². The molecular formula is C22H22N2O4S. The lowest BCUT2D eigenvalue weighted by Gasteiger charge is -2.09. The molecule has 3 aromatic carbocycles. The van der Waals surface area contributed by atoms with Crippen molar-refractivity contribution in [2.24, 2.45) is 0 Å². The molecule has 0 saturated heterocycles. The fourth-order valence-electron chi connectivity index (χ4n) is 2.97. The number of fused-ring (bicyclic) bond motifs is 1. The number of hydrogen-bond donors (Lipinski definition) is 2. The molecule has 0 bridgehead atoms. The molecule has 6 nitrogen and oxygen atoms in total. The van der Waals surface area contributed by atoms with Crippen LogP contribution in [0.4, 0.5) is 0 Å². The molecule has 0 aliphatic heterocycles. The molecule has 1 amide bonds. The summed E-state index contributed by atoms with van der Waals surface area (Å²) in [5.41, 5.74) is 0.404. The van der Waals surface area contributed by atoms with E-state index in [1.165, 1.54) is 24.3 Å². The molecule has 7 heteroatoms. The van der Waals surface area contributed by atoms with Gasteiger partial charge in [0.1, 0.15) is 12.4 Å². The predicted octanol–water partition coefficient (Wildman–Crippen LogP) is 3.09. The quantitative estimate of drug-likeness (QED) is 0.559. The highest BCUT2D eigenvalue weighted by Crippen LogP contribution is 2.22. The monoisotopic (exact) mass is 410 g/mol. The van der Waals surface area contributed by atoms with Crippen LogP contribution in [0.2, 0.25) is 0 Å². The standard InChI is InChI=1S/C22H22N2O4S/c25-22(17-6-11-21(12-7-17)29(26,27)24-19-8-9-19)23-13-14-28-20-10-5-16-3-1-2-4-18(16)15-20/h1-7,10-12,15,19,24H,8-9,13-14H2,(H,23,25). The van der Waals surface area contributed by atoms with Gasteiger partial charge in [-0.2, -0.15) is 0 Å². The number of nitrogens with one attached hydrogen (secondary N) is 2. The van der Waals surface area contributed by atoms with Crippen molar-refractivity contribution >= 4 is 26.7 Å². The van der Waals surface area contributed by atoms with Crippen LogP contribution in [-0.4, -0.2) is 33.5 Å². The van der Waals surface area contributed by atoms with Crippen LogP contribution in [0.1, 0.15) is 23.2 Å². The van der Waals surface area contributed by atoms with E-state index in [2.05, 4.69) is 10.0 Å². The third-order valence-corrected chi connectivity index (χ3v) is 6.24. The topological polar surface area (TPSA) is 84.5 Å². The fraction of sp³-hybridized carbons (Fsp3) is 0.227. The van der Waals surface area contributed by atoms with Crippen molar-refractivity contribution in [1.82, 2.24) is 10.0 Å². The van der Waals surface area contributed by atoms with Gasteiger partial charge in [-0.3, -0.25) is 4.79 Å². The Morgan fingerprint density at radius 1 is 0.966 bits per heavy atom. The van der Waals surface area contributed by atoms with E-state index in [1.54, 1.807) is 0 Å². The van der Waals surface area contributed by atoms with Crippen LogP contribution in [0.5, 0.6) is 5.75 Å². The van der Waals surface area contributed by atoms with E-state index in [1.807, 2.05) is 42.5 Å². The van der Waals surface area contributed by atoms with Crippen molar-refractivity contribution in [2.75, 3.05) is 13.2 Å². The van der Waals surface area contributed by atoms with E-state index in [-0.39, 0.29) is 16.8 Å². The number of rotatable bonds is 8. The summed E-state index contributed by atoms with van der Waals surface area (Å²) in [6, 6.07) is 19.9. The fourth-order valence-corrected chi connectivity index (χ4v) is 4.27. The van der Waals surface area contributed by atoms with Gasteiger partial charge in [0.15, 0.2) is 0 Å². The molecule has 1 saturated carbocycles. The number of carbonyl (C=O) groups excluding carboxylic acids is 1. The highest BCUT2D eigenvalue weighted by atomic mass is 32.2. The molecule has 0 heterocycles. The summed E-state index contributed by atoms with van der Waals surface area (Å²) >= 11 is 0. The molecule has 1 aliphatic rings. The average Bonchev–Trinajstić information content (AvgIpc) is 3.54. The van der Waals surface area contributed by atoms with Crippen molar-refractivity contribution in [3.05, 3.63) is 72.3 Å². The molecule has 0 aromatic heterocycles. The number of carbonyl (C=O) groups is 1. The van der Waals surface area contributed by atoms with Crippen molar-refractivity contribution in [2.45, 2.75) is 23.8 Å². The van der Waals surface area contributed by atoms with E-state index in [0.717, 1.165) is 29.4 Å². The third kappa shape index (κ3) is 4.93. The largest absolute Gasteiger partial charge is 0.492 e. The van der Waals surface area contributed by atoms with Crippen molar-refractivity contribution in [1.29, 1.82) is 0 Å². The molecule has 150 valence electrons. The third-order valence-electron chi connectivity index (χ3n) is 4.70. The average molecular weight is 410 g/mol. The molecule has 0 spiro atoms. The van der Waals surface area contributed by atoms with Gasteiger partial charge in [-0.1, -0.05) is 30.3 Å². The Kier molecular flexibility index (Phi) is 5.51. The zero-order valence-corrected chi connectivity index (χ0v) is 16.6. The molecule has 0 radical (unpaired) electrons. The molecule has 29 heavy (non-hydrogen) atoms. The van der Waals surface area contributed by atoms with Crippen molar-refractivity contribution in [3.8, 4) is 5.75 Å². The van der Waals surface area contributed by atoms with Gasteiger partial charge < -0.3 is 10.1 Å². The van der Waals surface area contributed by atoms with Gasteiger partial charge in [-0.05, 0) is 60.0 Å². The van der Waals surface area contributed by atoms with Gasteiger partial charge >= 0.3 is 0 Å². The molecule has 0 atom stereocenters. The van der Waals surface area contributed by atoms with Gasteiger partial charge in [0.25, 0.3) is 5.91 Å². The SMILES string of the molecule is O=C(NCCOc1ccc2ccccc2c1)c1ccc(S(=O)(=O)NC2CC2)cc1.